The molecular formula is C18H18OS. The highest BCUT2D eigenvalue weighted by Crippen LogP contribution is 2.22. The quantitative estimate of drug-likeness (QED) is 0.758. The minimum atomic E-state index is -1.15. The highest BCUT2D eigenvalue weighted by molar-refractivity contribution is 7.85. The molecule has 1 atom stereocenters. The van der Waals surface area contributed by atoms with Gasteiger partial charge in [-0.15, -0.1) is 5.73 Å². The summed E-state index contributed by atoms with van der Waals surface area (Å²) in [7, 11) is -1.15. The number of aryl methyl sites for hydroxylation is 1. The van der Waals surface area contributed by atoms with E-state index >= 15 is 0 Å². The highest BCUT2D eigenvalue weighted by atomic mass is 32.2. The van der Waals surface area contributed by atoms with Gasteiger partial charge in [-0.05, 0) is 43.2 Å². The van der Waals surface area contributed by atoms with Gasteiger partial charge in [0.25, 0.3) is 0 Å². The van der Waals surface area contributed by atoms with Crippen molar-refractivity contribution >= 4 is 10.8 Å². The van der Waals surface area contributed by atoms with Gasteiger partial charge in [0.2, 0.25) is 0 Å². The Bertz CT molecular complexity index is 677. The molecule has 0 aromatic heterocycles. The van der Waals surface area contributed by atoms with E-state index in [1.807, 2.05) is 62.4 Å². The van der Waals surface area contributed by atoms with E-state index in [4.69, 9.17) is 0 Å². The molecule has 0 radical (unpaired) electrons. The third-order valence-electron chi connectivity index (χ3n) is 3.16. The summed E-state index contributed by atoms with van der Waals surface area (Å²) >= 11 is 0. The topological polar surface area (TPSA) is 17.1 Å². The Hall–Kier alpha value is -1.89. The second-order valence-corrected chi connectivity index (χ2v) is 6.27. The van der Waals surface area contributed by atoms with E-state index in [2.05, 4.69) is 12.3 Å². The fourth-order valence-electron chi connectivity index (χ4n) is 1.97. The zero-order valence-electron chi connectivity index (χ0n) is 11.8. The summed E-state index contributed by atoms with van der Waals surface area (Å²) in [4.78, 5) is 1.70. The Morgan fingerprint density at radius 2 is 1.80 bits per heavy atom. The monoisotopic (exact) mass is 282 g/mol. The van der Waals surface area contributed by atoms with Crippen LogP contribution < -0.4 is 0 Å². The van der Waals surface area contributed by atoms with Crippen LogP contribution in [0.15, 0.2) is 76.2 Å². The molecule has 1 nitrogen and oxygen atoms in total. The first-order valence-electron chi connectivity index (χ1n) is 6.53. The normalized spacial score (nSPS) is 11.7. The van der Waals surface area contributed by atoms with Crippen LogP contribution in [0.3, 0.4) is 0 Å². The molecule has 0 spiro atoms. The first-order valence-corrected chi connectivity index (χ1v) is 7.68. The van der Waals surface area contributed by atoms with Gasteiger partial charge < -0.3 is 0 Å². The molecule has 2 heteroatoms. The van der Waals surface area contributed by atoms with E-state index < -0.39 is 10.8 Å². The zero-order chi connectivity index (χ0) is 14.5. The third kappa shape index (κ3) is 3.36. The van der Waals surface area contributed by atoms with Gasteiger partial charge in [0.1, 0.15) is 0 Å². The van der Waals surface area contributed by atoms with Gasteiger partial charge >= 0.3 is 0 Å². The largest absolute Gasteiger partial charge is 0.249 e. The predicted octanol–water partition coefficient (Wildman–Crippen LogP) is 4.44. The van der Waals surface area contributed by atoms with Gasteiger partial charge in [-0.1, -0.05) is 42.5 Å². The second kappa shape index (κ2) is 6.51. The molecule has 0 heterocycles. The lowest BCUT2D eigenvalue weighted by Gasteiger charge is -2.09. The predicted molar refractivity (Wildman–Crippen MR) is 84.3 cm³/mol. The maximum absolute atomic E-state index is 12.7. The van der Waals surface area contributed by atoms with Crippen LogP contribution in [-0.2, 0) is 17.2 Å². The maximum Gasteiger partial charge on any atom is 0.0852 e. The van der Waals surface area contributed by atoms with Crippen molar-refractivity contribution in [1.29, 1.82) is 0 Å². The molecule has 102 valence electrons. The third-order valence-corrected chi connectivity index (χ3v) is 4.66. The summed E-state index contributed by atoms with van der Waals surface area (Å²) in [5.74, 6) is 0. The second-order valence-electron chi connectivity index (χ2n) is 4.82. The van der Waals surface area contributed by atoms with Crippen LogP contribution in [0.5, 0.6) is 0 Å². The zero-order valence-corrected chi connectivity index (χ0v) is 12.7. The summed E-state index contributed by atoms with van der Waals surface area (Å²) < 4.78 is 12.7. The lowest BCUT2D eigenvalue weighted by Crippen LogP contribution is -1.99. The Balaban J connectivity index is 2.39. The minimum Gasteiger partial charge on any atom is -0.249 e. The van der Waals surface area contributed by atoms with Gasteiger partial charge in [0.05, 0.1) is 10.8 Å². The van der Waals surface area contributed by atoms with Crippen molar-refractivity contribution in [2.24, 2.45) is 0 Å². The Labute approximate surface area is 123 Å². The van der Waals surface area contributed by atoms with Crippen LogP contribution >= 0.6 is 0 Å². The summed E-state index contributed by atoms with van der Waals surface area (Å²) in [5.41, 5.74) is 6.19. The molecule has 0 N–H and O–H groups in total. The number of benzene rings is 2. The van der Waals surface area contributed by atoms with Crippen molar-refractivity contribution in [3.63, 3.8) is 0 Å². The molecule has 2 rings (SSSR count). The maximum atomic E-state index is 12.7. The van der Waals surface area contributed by atoms with E-state index in [-0.39, 0.29) is 0 Å². The Morgan fingerprint density at radius 3 is 2.45 bits per heavy atom. The van der Waals surface area contributed by atoms with Crippen LogP contribution in [0.1, 0.15) is 18.1 Å². The average Bonchev–Trinajstić information content (AvgIpc) is 2.48. The van der Waals surface area contributed by atoms with Crippen LogP contribution in [0.25, 0.3) is 0 Å². The van der Waals surface area contributed by atoms with Crippen molar-refractivity contribution < 1.29 is 4.21 Å². The van der Waals surface area contributed by atoms with Crippen LogP contribution in [0.2, 0.25) is 0 Å². The molecule has 0 amide bonds. The minimum absolute atomic E-state index is 0.733. The smallest absolute Gasteiger partial charge is 0.0852 e. The summed E-state index contributed by atoms with van der Waals surface area (Å²) in [5, 5.41) is 0. The lowest BCUT2D eigenvalue weighted by molar-refractivity contribution is 0.682. The van der Waals surface area contributed by atoms with Crippen LogP contribution in [0, 0.1) is 6.92 Å². The van der Waals surface area contributed by atoms with E-state index in [9.17, 15) is 4.21 Å². The van der Waals surface area contributed by atoms with Crippen LogP contribution in [-0.4, -0.2) is 4.21 Å². The fraction of sp³-hybridized carbons (Fsp3) is 0.167. The number of allylic oxidation sites excluding steroid dienone is 1. The SMILES string of the molecule is C=C=C(C)Cc1ccccc1S(=O)c1ccc(C)cc1. The Kier molecular flexibility index (Phi) is 4.73. The summed E-state index contributed by atoms with van der Waals surface area (Å²) in [6, 6.07) is 15.7. The molecule has 1 unspecified atom stereocenters. The van der Waals surface area contributed by atoms with E-state index in [1.165, 1.54) is 5.56 Å². The number of rotatable bonds is 4. The van der Waals surface area contributed by atoms with Crippen molar-refractivity contribution in [1.82, 2.24) is 0 Å². The Morgan fingerprint density at radius 1 is 1.15 bits per heavy atom. The molecule has 0 saturated carbocycles. The molecule has 0 aliphatic rings. The molecule has 2 aromatic rings. The molecule has 0 fully saturated rings. The van der Waals surface area contributed by atoms with E-state index in [1.54, 1.807) is 0 Å². The summed E-state index contributed by atoms with van der Waals surface area (Å²) in [6.07, 6.45) is 0.733. The number of hydrogen-bond donors (Lipinski definition) is 0. The van der Waals surface area contributed by atoms with Crippen molar-refractivity contribution in [2.45, 2.75) is 30.1 Å². The first kappa shape index (κ1) is 14.5. The van der Waals surface area contributed by atoms with E-state index in [0.29, 0.717) is 0 Å². The van der Waals surface area contributed by atoms with Gasteiger partial charge in [0.15, 0.2) is 0 Å². The molecule has 0 aliphatic carbocycles. The van der Waals surface area contributed by atoms with Crippen molar-refractivity contribution in [2.75, 3.05) is 0 Å². The molecule has 0 aliphatic heterocycles. The van der Waals surface area contributed by atoms with Gasteiger partial charge in [-0.3, -0.25) is 0 Å². The molecular weight excluding hydrogens is 264 g/mol. The summed E-state index contributed by atoms with van der Waals surface area (Å²) in [6.45, 7) is 7.67. The van der Waals surface area contributed by atoms with Gasteiger partial charge in [0, 0.05) is 16.2 Å². The standard InChI is InChI=1S/C18H18OS/c1-4-14(2)13-16-7-5-6-8-18(16)20(19)17-11-9-15(3)10-12-17/h5-12H,1,13H2,2-3H3. The average molecular weight is 282 g/mol. The fourth-order valence-corrected chi connectivity index (χ4v) is 3.19. The van der Waals surface area contributed by atoms with Crippen LogP contribution in [0.4, 0.5) is 0 Å². The van der Waals surface area contributed by atoms with E-state index in [0.717, 1.165) is 27.3 Å². The number of hydrogen-bond acceptors (Lipinski definition) is 1. The molecule has 0 bridgehead atoms. The molecule has 0 saturated heterocycles. The van der Waals surface area contributed by atoms with Gasteiger partial charge in [-0.2, -0.15) is 0 Å². The molecule has 20 heavy (non-hydrogen) atoms. The molecule has 2 aromatic carbocycles. The van der Waals surface area contributed by atoms with Crippen molar-refractivity contribution in [3.05, 3.63) is 77.5 Å². The lowest BCUT2D eigenvalue weighted by atomic mass is 10.1. The highest BCUT2D eigenvalue weighted by Gasteiger charge is 2.11. The van der Waals surface area contributed by atoms with Crippen molar-refractivity contribution in [3.8, 4) is 0 Å². The van der Waals surface area contributed by atoms with Gasteiger partial charge in [-0.25, -0.2) is 4.21 Å². The first-order chi connectivity index (χ1) is 9.61.